The van der Waals surface area contributed by atoms with E-state index in [-0.39, 0.29) is 0 Å². The first-order chi connectivity index (χ1) is 7.40. The predicted molar refractivity (Wildman–Crippen MR) is 71.3 cm³/mol. The van der Waals surface area contributed by atoms with Crippen LogP contribution in [0.4, 0.5) is 0 Å². The molecule has 0 aliphatic carbocycles. The standard InChI is InChI=1S/C14H19S/c1-2-13(12-15-10-6-7-11-15)14-8-4-3-5-9-14/h2-5,8-9H,6-7,10-12H2,1H3/q+1. The third kappa shape index (κ3) is 2.88. The van der Waals surface area contributed by atoms with Gasteiger partial charge in [0, 0.05) is 5.57 Å². The Morgan fingerprint density at radius 2 is 1.87 bits per heavy atom. The van der Waals surface area contributed by atoms with Crippen LogP contribution in [0.5, 0.6) is 0 Å². The van der Waals surface area contributed by atoms with Crippen molar-refractivity contribution in [2.45, 2.75) is 19.8 Å². The molecule has 1 heterocycles. The first-order valence-electron chi connectivity index (χ1n) is 5.75. The molecule has 2 rings (SSSR count). The molecule has 1 heteroatoms. The summed E-state index contributed by atoms with van der Waals surface area (Å²) in [4.78, 5) is 0. The Hall–Kier alpha value is -0.690. The zero-order valence-corrected chi connectivity index (χ0v) is 10.2. The Labute approximate surface area is 95.7 Å². The molecule has 15 heavy (non-hydrogen) atoms. The summed E-state index contributed by atoms with van der Waals surface area (Å²) in [5, 5.41) is 0. The third-order valence-electron chi connectivity index (χ3n) is 2.97. The fourth-order valence-electron chi connectivity index (χ4n) is 2.06. The molecular weight excluding hydrogens is 200 g/mol. The van der Waals surface area contributed by atoms with Gasteiger partial charge in [-0.1, -0.05) is 36.4 Å². The van der Waals surface area contributed by atoms with Gasteiger partial charge in [0.05, 0.1) is 0 Å². The molecule has 0 radical (unpaired) electrons. The molecule has 0 bridgehead atoms. The second-order valence-corrected chi connectivity index (χ2v) is 6.38. The van der Waals surface area contributed by atoms with E-state index in [4.69, 9.17) is 0 Å². The van der Waals surface area contributed by atoms with Crippen LogP contribution < -0.4 is 0 Å². The fraction of sp³-hybridized carbons (Fsp3) is 0.429. The van der Waals surface area contributed by atoms with Crippen molar-refractivity contribution in [3.8, 4) is 0 Å². The van der Waals surface area contributed by atoms with E-state index in [1.165, 1.54) is 35.7 Å². The van der Waals surface area contributed by atoms with E-state index in [0.29, 0.717) is 10.9 Å². The molecule has 80 valence electrons. The van der Waals surface area contributed by atoms with Gasteiger partial charge in [-0.2, -0.15) is 0 Å². The van der Waals surface area contributed by atoms with E-state index in [9.17, 15) is 0 Å². The number of rotatable bonds is 3. The van der Waals surface area contributed by atoms with E-state index < -0.39 is 0 Å². The van der Waals surface area contributed by atoms with Crippen LogP contribution in [-0.2, 0) is 10.9 Å². The first kappa shape index (κ1) is 10.8. The molecule has 0 aromatic heterocycles. The van der Waals surface area contributed by atoms with Crippen molar-refractivity contribution in [3.05, 3.63) is 42.0 Å². The van der Waals surface area contributed by atoms with Gasteiger partial charge < -0.3 is 0 Å². The Morgan fingerprint density at radius 3 is 2.47 bits per heavy atom. The Bertz CT molecular complexity index is 320. The summed E-state index contributed by atoms with van der Waals surface area (Å²) in [5.41, 5.74) is 2.96. The first-order valence-corrected chi connectivity index (χ1v) is 7.48. The van der Waals surface area contributed by atoms with Gasteiger partial charge in [-0.3, -0.25) is 0 Å². The van der Waals surface area contributed by atoms with Gasteiger partial charge >= 0.3 is 0 Å². The lowest BCUT2D eigenvalue weighted by Gasteiger charge is -2.06. The lowest BCUT2D eigenvalue weighted by Crippen LogP contribution is -2.10. The lowest BCUT2D eigenvalue weighted by molar-refractivity contribution is 0.949. The zero-order chi connectivity index (χ0) is 10.5. The molecule has 1 fully saturated rings. The highest BCUT2D eigenvalue weighted by Gasteiger charge is 2.25. The predicted octanol–water partition coefficient (Wildman–Crippen LogP) is 3.50. The third-order valence-corrected chi connectivity index (χ3v) is 5.42. The normalized spacial score (nSPS) is 18.3. The minimum absolute atomic E-state index is 0.674. The highest BCUT2D eigenvalue weighted by molar-refractivity contribution is 7.97. The largest absolute Gasteiger partial charge is 0.133 e. The molecule has 0 unspecified atom stereocenters. The molecule has 0 atom stereocenters. The van der Waals surface area contributed by atoms with Crippen LogP contribution in [-0.4, -0.2) is 17.3 Å². The molecule has 0 amide bonds. The summed E-state index contributed by atoms with van der Waals surface area (Å²) in [7, 11) is 0.674. The van der Waals surface area contributed by atoms with Crippen molar-refractivity contribution >= 4 is 16.5 Å². The quantitative estimate of drug-likeness (QED) is 0.683. The molecule has 1 saturated heterocycles. The van der Waals surface area contributed by atoms with E-state index in [1.54, 1.807) is 5.57 Å². The summed E-state index contributed by atoms with van der Waals surface area (Å²) in [6.45, 7) is 2.17. The van der Waals surface area contributed by atoms with Crippen LogP contribution in [0, 0.1) is 0 Å². The second kappa shape index (κ2) is 5.41. The molecular formula is C14H19S+. The highest BCUT2D eigenvalue weighted by atomic mass is 32.2. The molecule has 0 nitrogen and oxygen atoms in total. The Morgan fingerprint density at radius 1 is 1.20 bits per heavy atom. The maximum absolute atomic E-state index is 2.29. The minimum atomic E-state index is 0.674. The second-order valence-electron chi connectivity index (χ2n) is 4.05. The maximum Gasteiger partial charge on any atom is 0.133 e. The molecule has 0 N–H and O–H groups in total. The number of hydrogen-bond donors (Lipinski definition) is 0. The van der Waals surface area contributed by atoms with Crippen LogP contribution >= 0.6 is 0 Å². The van der Waals surface area contributed by atoms with Crippen LogP contribution in [0.2, 0.25) is 0 Å². The van der Waals surface area contributed by atoms with Crippen molar-refractivity contribution in [3.63, 3.8) is 0 Å². The van der Waals surface area contributed by atoms with E-state index in [1.807, 2.05) is 0 Å². The van der Waals surface area contributed by atoms with Crippen molar-refractivity contribution in [1.82, 2.24) is 0 Å². The van der Waals surface area contributed by atoms with Gasteiger partial charge in [0.15, 0.2) is 0 Å². The van der Waals surface area contributed by atoms with E-state index in [2.05, 4.69) is 43.3 Å². The van der Waals surface area contributed by atoms with Gasteiger partial charge in [0.2, 0.25) is 0 Å². The average Bonchev–Trinajstić information content (AvgIpc) is 2.80. The SMILES string of the molecule is CC=C(C[S+]1CCCC1)c1ccccc1. The van der Waals surface area contributed by atoms with Gasteiger partial charge in [0.25, 0.3) is 0 Å². The topological polar surface area (TPSA) is 0 Å². The molecule has 1 aliphatic rings. The maximum atomic E-state index is 2.29. The van der Waals surface area contributed by atoms with Crippen LogP contribution in [0.25, 0.3) is 5.57 Å². The average molecular weight is 219 g/mol. The Balaban J connectivity index is 2.05. The summed E-state index contributed by atoms with van der Waals surface area (Å²) in [6, 6.07) is 10.8. The minimum Gasteiger partial charge on any atom is -0.0791 e. The summed E-state index contributed by atoms with van der Waals surface area (Å²) >= 11 is 0. The molecule has 0 saturated carbocycles. The zero-order valence-electron chi connectivity index (χ0n) is 9.41. The molecule has 1 aliphatic heterocycles. The van der Waals surface area contributed by atoms with Crippen molar-refractivity contribution in [2.75, 3.05) is 17.3 Å². The van der Waals surface area contributed by atoms with Crippen LogP contribution in [0.15, 0.2) is 36.4 Å². The number of allylic oxidation sites excluding steroid dienone is 1. The van der Waals surface area contributed by atoms with Crippen LogP contribution in [0.3, 0.4) is 0 Å². The molecule has 1 aromatic carbocycles. The van der Waals surface area contributed by atoms with E-state index >= 15 is 0 Å². The van der Waals surface area contributed by atoms with Gasteiger partial charge in [0.1, 0.15) is 17.3 Å². The summed E-state index contributed by atoms with van der Waals surface area (Å²) < 4.78 is 0. The molecule has 1 aromatic rings. The van der Waals surface area contributed by atoms with E-state index in [0.717, 1.165) is 0 Å². The van der Waals surface area contributed by atoms with Crippen LogP contribution in [0.1, 0.15) is 25.3 Å². The van der Waals surface area contributed by atoms with Gasteiger partial charge in [-0.15, -0.1) is 0 Å². The summed E-state index contributed by atoms with van der Waals surface area (Å²) in [6.07, 6.45) is 5.20. The number of benzene rings is 1. The monoisotopic (exact) mass is 219 g/mol. The fourth-order valence-corrected chi connectivity index (χ4v) is 4.55. The van der Waals surface area contributed by atoms with Gasteiger partial charge in [-0.25, -0.2) is 0 Å². The van der Waals surface area contributed by atoms with Crippen molar-refractivity contribution in [2.24, 2.45) is 0 Å². The Kier molecular flexibility index (Phi) is 3.90. The molecule has 0 spiro atoms. The van der Waals surface area contributed by atoms with Crippen molar-refractivity contribution < 1.29 is 0 Å². The van der Waals surface area contributed by atoms with Crippen molar-refractivity contribution in [1.29, 1.82) is 0 Å². The smallest absolute Gasteiger partial charge is 0.0791 e. The lowest BCUT2D eigenvalue weighted by atomic mass is 10.1. The van der Waals surface area contributed by atoms with Gasteiger partial charge in [-0.05, 0) is 36.2 Å². The highest BCUT2D eigenvalue weighted by Crippen LogP contribution is 2.22. The summed E-state index contributed by atoms with van der Waals surface area (Å²) in [5.74, 6) is 4.23. The number of hydrogen-bond acceptors (Lipinski definition) is 0.